The van der Waals surface area contributed by atoms with Crippen LogP contribution in [0.4, 0.5) is 10.5 Å². The minimum absolute atomic E-state index is 0.0240. The van der Waals surface area contributed by atoms with Crippen LogP contribution in [0.1, 0.15) is 63.6 Å². The number of aromatic nitrogens is 1. The SMILES string of the molecule is CCC(C)N(CC(=O)N(Cc1cccn1Cc1ccccc1Cl)C1CCCCC1)C(=O)Nc1ccc(Cl)cc1. The molecule has 1 aromatic heterocycles. The number of amides is 3. The number of nitrogens with one attached hydrogen (secondary N) is 1. The fourth-order valence-corrected chi connectivity index (χ4v) is 5.48. The number of hydrogen-bond donors (Lipinski definition) is 1. The Kier molecular flexibility index (Phi) is 10.4. The van der Waals surface area contributed by atoms with Gasteiger partial charge in [0.1, 0.15) is 6.54 Å². The van der Waals surface area contributed by atoms with Crippen LogP contribution in [0.15, 0.2) is 66.9 Å². The van der Waals surface area contributed by atoms with Gasteiger partial charge in [0.2, 0.25) is 5.91 Å². The van der Waals surface area contributed by atoms with Crippen LogP contribution in [0.5, 0.6) is 0 Å². The molecule has 1 aliphatic rings. The van der Waals surface area contributed by atoms with Gasteiger partial charge in [-0.25, -0.2) is 4.79 Å². The molecule has 39 heavy (non-hydrogen) atoms. The van der Waals surface area contributed by atoms with Crippen LogP contribution in [0.3, 0.4) is 0 Å². The largest absolute Gasteiger partial charge is 0.345 e. The molecule has 0 bridgehead atoms. The summed E-state index contributed by atoms with van der Waals surface area (Å²) < 4.78 is 2.16. The number of carbonyl (C=O) groups excluding carboxylic acids is 2. The summed E-state index contributed by atoms with van der Waals surface area (Å²) in [6, 6.07) is 18.7. The second kappa shape index (κ2) is 13.9. The first-order chi connectivity index (χ1) is 18.9. The second-order valence-corrected chi connectivity index (χ2v) is 11.2. The van der Waals surface area contributed by atoms with Crippen LogP contribution in [0.25, 0.3) is 0 Å². The fraction of sp³-hybridized carbons (Fsp3) is 0.419. The van der Waals surface area contributed by atoms with Crippen molar-refractivity contribution in [3.8, 4) is 0 Å². The molecule has 0 spiro atoms. The van der Waals surface area contributed by atoms with Crippen LogP contribution >= 0.6 is 23.2 Å². The van der Waals surface area contributed by atoms with Crippen molar-refractivity contribution < 1.29 is 9.59 Å². The first kappa shape index (κ1) is 29.0. The van der Waals surface area contributed by atoms with Crippen LogP contribution in [0, 0.1) is 0 Å². The van der Waals surface area contributed by atoms with Crippen molar-refractivity contribution in [2.45, 2.75) is 77.5 Å². The molecule has 208 valence electrons. The minimum Gasteiger partial charge on any atom is -0.345 e. The first-order valence-electron chi connectivity index (χ1n) is 13.9. The van der Waals surface area contributed by atoms with E-state index in [-0.39, 0.29) is 30.6 Å². The first-order valence-corrected chi connectivity index (χ1v) is 14.6. The van der Waals surface area contributed by atoms with E-state index in [1.807, 2.05) is 55.3 Å². The van der Waals surface area contributed by atoms with Crippen LogP contribution in [-0.4, -0.2) is 44.9 Å². The van der Waals surface area contributed by atoms with Gasteiger partial charge in [-0.2, -0.15) is 0 Å². The lowest BCUT2D eigenvalue weighted by molar-refractivity contribution is -0.136. The molecule has 0 radical (unpaired) electrons. The number of nitrogens with zero attached hydrogens (tertiary/aromatic N) is 3. The lowest BCUT2D eigenvalue weighted by atomic mass is 9.94. The molecule has 0 aliphatic heterocycles. The van der Waals surface area contributed by atoms with Gasteiger partial charge in [-0.05, 0) is 74.2 Å². The Hall–Kier alpha value is -2.96. The maximum absolute atomic E-state index is 14.0. The summed E-state index contributed by atoms with van der Waals surface area (Å²) >= 11 is 12.4. The maximum atomic E-state index is 14.0. The molecule has 3 aromatic rings. The Bertz CT molecular complexity index is 1240. The second-order valence-electron chi connectivity index (χ2n) is 10.4. The van der Waals surface area contributed by atoms with Gasteiger partial charge in [-0.1, -0.05) is 67.6 Å². The Morgan fingerprint density at radius 2 is 1.72 bits per heavy atom. The van der Waals surface area contributed by atoms with Gasteiger partial charge in [0.15, 0.2) is 0 Å². The Balaban J connectivity index is 1.53. The van der Waals surface area contributed by atoms with Gasteiger partial charge < -0.3 is 19.7 Å². The van der Waals surface area contributed by atoms with E-state index in [0.717, 1.165) is 48.4 Å². The zero-order chi connectivity index (χ0) is 27.8. The van der Waals surface area contributed by atoms with Gasteiger partial charge in [0.25, 0.3) is 0 Å². The fourth-order valence-electron chi connectivity index (χ4n) is 5.16. The lowest BCUT2D eigenvalue weighted by Gasteiger charge is -2.37. The number of benzene rings is 2. The van der Waals surface area contributed by atoms with Gasteiger partial charge in [0, 0.05) is 46.3 Å². The molecule has 3 amide bonds. The van der Waals surface area contributed by atoms with E-state index in [1.165, 1.54) is 6.42 Å². The third-order valence-corrected chi connectivity index (χ3v) is 8.30. The van der Waals surface area contributed by atoms with Crippen molar-refractivity contribution in [1.82, 2.24) is 14.4 Å². The predicted octanol–water partition coefficient (Wildman–Crippen LogP) is 7.84. The van der Waals surface area contributed by atoms with Gasteiger partial charge in [0.05, 0.1) is 6.54 Å². The summed E-state index contributed by atoms with van der Waals surface area (Å²) in [7, 11) is 0. The molecule has 1 unspecified atom stereocenters. The van der Waals surface area contributed by atoms with E-state index < -0.39 is 0 Å². The third-order valence-electron chi connectivity index (χ3n) is 7.68. The predicted molar refractivity (Wildman–Crippen MR) is 159 cm³/mol. The number of rotatable bonds is 10. The van der Waals surface area contributed by atoms with Gasteiger partial charge in [-0.15, -0.1) is 0 Å². The quantitative estimate of drug-likeness (QED) is 0.271. The van der Waals surface area contributed by atoms with Crippen molar-refractivity contribution in [3.63, 3.8) is 0 Å². The molecule has 1 heterocycles. The Labute approximate surface area is 241 Å². The molecular formula is C31H38Cl2N4O2. The summed E-state index contributed by atoms with van der Waals surface area (Å²) in [4.78, 5) is 31.0. The lowest BCUT2D eigenvalue weighted by Crippen LogP contribution is -2.50. The van der Waals surface area contributed by atoms with Crippen molar-refractivity contribution in [2.75, 3.05) is 11.9 Å². The van der Waals surface area contributed by atoms with E-state index in [4.69, 9.17) is 23.2 Å². The molecule has 1 aliphatic carbocycles. The topological polar surface area (TPSA) is 57.6 Å². The summed E-state index contributed by atoms with van der Waals surface area (Å²) in [6.07, 6.45) is 8.17. The average Bonchev–Trinajstić information content (AvgIpc) is 3.39. The van der Waals surface area contributed by atoms with Crippen molar-refractivity contribution in [2.24, 2.45) is 0 Å². The maximum Gasteiger partial charge on any atom is 0.322 e. The summed E-state index contributed by atoms with van der Waals surface area (Å²) in [5, 5.41) is 4.27. The highest BCUT2D eigenvalue weighted by Gasteiger charge is 2.30. The zero-order valence-corrected chi connectivity index (χ0v) is 24.3. The molecule has 8 heteroatoms. The van der Waals surface area contributed by atoms with E-state index in [2.05, 4.69) is 16.0 Å². The normalized spacial score (nSPS) is 14.6. The summed E-state index contributed by atoms with van der Waals surface area (Å²) in [6.45, 7) is 5.16. The van der Waals surface area contributed by atoms with Gasteiger partial charge in [-0.3, -0.25) is 4.79 Å². The third kappa shape index (κ3) is 7.80. The van der Waals surface area contributed by atoms with E-state index in [1.54, 1.807) is 29.2 Å². The molecule has 1 fully saturated rings. The number of hydrogen-bond acceptors (Lipinski definition) is 2. The van der Waals surface area contributed by atoms with Crippen LogP contribution < -0.4 is 5.32 Å². The van der Waals surface area contributed by atoms with Crippen molar-refractivity contribution in [3.05, 3.63) is 88.2 Å². The Morgan fingerprint density at radius 1 is 1.00 bits per heavy atom. The monoisotopic (exact) mass is 568 g/mol. The number of carbonyl (C=O) groups is 2. The molecule has 4 rings (SSSR count). The van der Waals surface area contributed by atoms with Crippen molar-refractivity contribution >= 4 is 40.8 Å². The van der Waals surface area contributed by atoms with E-state index in [9.17, 15) is 9.59 Å². The summed E-state index contributed by atoms with van der Waals surface area (Å²) in [5.74, 6) is -0.0288. The highest BCUT2D eigenvalue weighted by Crippen LogP contribution is 2.26. The minimum atomic E-state index is -0.286. The Morgan fingerprint density at radius 3 is 2.41 bits per heavy atom. The molecule has 6 nitrogen and oxygen atoms in total. The number of urea groups is 1. The van der Waals surface area contributed by atoms with Gasteiger partial charge >= 0.3 is 6.03 Å². The molecule has 2 aromatic carbocycles. The standard InChI is InChI=1S/C31H38Cl2N4O2/c1-3-23(2)36(31(39)34-26-17-15-25(32)16-18-26)22-30(38)37(27-11-5-4-6-12-27)21-28-13-9-19-35(28)20-24-10-7-8-14-29(24)33/h7-10,13-19,23,27H,3-6,11-12,20-22H2,1-2H3,(H,34,39). The van der Waals surface area contributed by atoms with E-state index in [0.29, 0.717) is 23.8 Å². The van der Waals surface area contributed by atoms with Crippen molar-refractivity contribution in [1.29, 1.82) is 0 Å². The smallest absolute Gasteiger partial charge is 0.322 e. The molecule has 1 N–H and O–H groups in total. The number of halogens is 2. The molecular weight excluding hydrogens is 531 g/mol. The highest BCUT2D eigenvalue weighted by molar-refractivity contribution is 6.31. The highest BCUT2D eigenvalue weighted by atomic mass is 35.5. The molecule has 0 saturated heterocycles. The van der Waals surface area contributed by atoms with Crippen LogP contribution in [-0.2, 0) is 17.9 Å². The number of anilines is 1. The van der Waals surface area contributed by atoms with Crippen LogP contribution in [0.2, 0.25) is 10.0 Å². The molecule has 1 atom stereocenters. The average molecular weight is 570 g/mol. The molecule has 1 saturated carbocycles. The zero-order valence-electron chi connectivity index (χ0n) is 22.8. The summed E-state index contributed by atoms with van der Waals surface area (Å²) in [5.41, 5.74) is 2.73. The van der Waals surface area contributed by atoms with E-state index >= 15 is 0 Å².